The molecule has 0 radical (unpaired) electrons. The molecular weight excluding hydrogens is 268 g/mol. The largest absolute Gasteiger partial charge is 0.361 e. The third-order valence-corrected chi connectivity index (χ3v) is 4.29. The van der Waals surface area contributed by atoms with Crippen LogP contribution in [0.2, 0.25) is 0 Å². The number of sulfonamides is 1. The molecule has 1 saturated heterocycles. The first-order valence-electron chi connectivity index (χ1n) is 6.38. The fourth-order valence-electron chi connectivity index (χ4n) is 2.03. The Balaban J connectivity index is 1.74. The van der Waals surface area contributed by atoms with E-state index in [2.05, 4.69) is 20.1 Å². The molecule has 1 aromatic rings. The molecule has 0 atom stereocenters. The van der Waals surface area contributed by atoms with Crippen LogP contribution in [0, 0.1) is 6.92 Å². The molecule has 0 aliphatic carbocycles. The minimum atomic E-state index is -3.34. The second-order valence-electron chi connectivity index (χ2n) is 4.67. The quantitative estimate of drug-likeness (QED) is 0.720. The highest BCUT2D eigenvalue weighted by Crippen LogP contribution is 2.05. The lowest BCUT2D eigenvalue weighted by atomic mass is 10.3. The lowest BCUT2D eigenvalue weighted by Crippen LogP contribution is -2.46. The summed E-state index contributed by atoms with van der Waals surface area (Å²) in [5, 5.41) is 6.94. The van der Waals surface area contributed by atoms with Gasteiger partial charge in [0.05, 0.1) is 0 Å². The molecule has 0 saturated carbocycles. The van der Waals surface area contributed by atoms with Gasteiger partial charge in [0, 0.05) is 45.3 Å². The molecule has 2 N–H and O–H groups in total. The number of piperazine rings is 1. The van der Waals surface area contributed by atoms with Gasteiger partial charge in [-0.2, -0.15) is 0 Å². The van der Waals surface area contributed by atoms with E-state index in [9.17, 15) is 8.42 Å². The van der Waals surface area contributed by atoms with Crippen molar-refractivity contribution in [3.8, 4) is 0 Å². The summed E-state index contributed by atoms with van der Waals surface area (Å²) in [6.07, 6.45) is 0. The van der Waals surface area contributed by atoms with Crippen LogP contribution in [0.3, 0.4) is 0 Å². The second kappa shape index (κ2) is 6.47. The predicted octanol–water partition coefficient (Wildman–Crippen LogP) is -0.692. The standard InChI is InChI=1S/C11H20N4O3S/c1-10-8-11(14-18-10)9-19(16,17)13-4-7-15-5-2-12-3-6-15/h8,12-13H,2-7,9H2,1H3. The van der Waals surface area contributed by atoms with Gasteiger partial charge < -0.3 is 9.84 Å². The van der Waals surface area contributed by atoms with Crippen LogP contribution in [0.25, 0.3) is 0 Å². The van der Waals surface area contributed by atoms with Crippen LogP contribution in [0.5, 0.6) is 0 Å². The first-order chi connectivity index (χ1) is 9.05. The molecule has 0 bridgehead atoms. The van der Waals surface area contributed by atoms with Crippen LogP contribution in [-0.4, -0.2) is 57.7 Å². The molecule has 1 fully saturated rings. The van der Waals surface area contributed by atoms with E-state index in [0.29, 0.717) is 18.0 Å². The van der Waals surface area contributed by atoms with Crippen LogP contribution in [0.4, 0.5) is 0 Å². The van der Waals surface area contributed by atoms with Gasteiger partial charge in [-0.15, -0.1) is 0 Å². The van der Waals surface area contributed by atoms with Crippen molar-refractivity contribution in [3.05, 3.63) is 17.5 Å². The van der Waals surface area contributed by atoms with Crippen molar-refractivity contribution < 1.29 is 12.9 Å². The molecular formula is C11H20N4O3S. The molecule has 0 amide bonds. The summed E-state index contributed by atoms with van der Waals surface area (Å²) < 4.78 is 31.1. The van der Waals surface area contributed by atoms with Gasteiger partial charge in [-0.25, -0.2) is 13.1 Å². The van der Waals surface area contributed by atoms with E-state index in [1.54, 1.807) is 13.0 Å². The number of hydrogen-bond donors (Lipinski definition) is 2. The zero-order chi connectivity index (χ0) is 13.7. The summed E-state index contributed by atoms with van der Waals surface area (Å²) in [7, 11) is -3.34. The highest BCUT2D eigenvalue weighted by molar-refractivity contribution is 7.88. The molecule has 0 aromatic carbocycles. The molecule has 1 aromatic heterocycles. The summed E-state index contributed by atoms with van der Waals surface area (Å²) in [6.45, 7) is 6.75. The van der Waals surface area contributed by atoms with Gasteiger partial charge in [-0.1, -0.05) is 5.16 Å². The Kier molecular flexibility index (Phi) is 4.92. The average molecular weight is 288 g/mol. The second-order valence-corrected chi connectivity index (χ2v) is 6.48. The fraction of sp³-hybridized carbons (Fsp3) is 0.727. The molecule has 108 valence electrons. The first kappa shape index (κ1) is 14.4. The number of nitrogens with zero attached hydrogens (tertiary/aromatic N) is 2. The Bertz CT molecular complexity index is 494. The van der Waals surface area contributed by atoms with E-state index < -0.39 is 10.0 Å². The van der Waals surface area contributed by atoms with Crippen LogP contribution in [-0.2, 0) is 15.8 Å². The molecule has 19 heavy (non-hydrogen) atoms. The lowest BCUT2D eigenvalue weighted by molar-refractivity contribution is 0.245. The highest BCUT2D eigenvalue weighted by Gasteiger charge is 2.15. The zero-order valence-electron chi connectivity index (χ0n) is 11.1. The Morgan fingerprint density at radius 3 is 2.84 bits per heavy atom. The Hall–Kier alpha value is -0.960. The molecule has 0 unspecified atom stereocenters. The lowest BCUT2D eigenvalue weighted by Gasteiger charge is -2.26. The van der Waals surface area contributed by atoms with Crippen molar-refractivity contribution in [2.24, 2.45) is 0 Å². The smallest absolute Gasteiger partial charge is 0.217 e. The van der Waals surface area contributed by atoms with Crippen LogP contribution in [0.15, 0.2) is 10.6 Å². The van der Waals surface area contributed by atoms with Crippen molar-refractivity contribution in [2.75, 3.05) is 39.3 Å². The highest BCUT2D eigenvalue weighted by atomic mass is 32.2. The molecule has 2 rings (SSSR count). The third kappa shape index (κ3) is 4.90. The van der Waals surface area contributed by atoms with Gasteiger partial charge in [0.25, 0.3) is 0 Å². The number of rotatable bonds is 6. The Morgan fingerprint density at radius 1 is 1.47 bits per heavy atom. The van der Waals surface area contributed by atoms with Gasteiger partial charge in [0.15, 0.2) is 0 Å². The summed E-state index contributed by atoms with van der Waals surface area (Å²) in [5.74, 6) is 0.484. The summed E-state index contributed by atoms with van der Waals surface area (Å²) >= 11 is 0. The average Bonchev–Trinajstić information content (AvgIpc) is 2.75. The van der Waals surface area contributed by atoms with Gasteiger partial charge >= 0.3 is 0 Å². The van der Waals surface area contributed by atoms with Gasteiger partial charge in [0.1, 0.15) is 17.2 Å². The summed E-state index contributed by atoms with van der Waals surface area (Å²) in [6, 6.07) is 1.63. The summed E-state index contributed by atoms with van der Waals surface area (Å²) in [5.41, 5.74) is 0.437. The van der Waals surface area contributed by atoms with Crippen LogP contribution < -0.4 is 10.0 Å². The topological polar surface area (TPSA) is 87.5 Å². The maximum absolute atomic E-state index is 11.8. The van der Waals surface area contributed by atoms with Gasteiger partial charge in [-0.3, -0.25) is 4.90 Å². The van der Waals surface area contributed by atoms with Crippen molar-refractivity contribution in [2.45, 2.75) is 12.7 Å². The molecule has 1 aliphatic heterocycles. The van der Waals surface area contributed by atoms with E-state index in [1.165, 1.54) is 0 Å². The van der Waals surface area contributed by atoms with Crippen LogP contribution in [0.1, 0.15) is 11.5 Å². The van der Waals surface area contributed by atoms with Crippen molar-refractivity contribution in [1.29, 1.82) is 0 Å². The first-order valence-corrected chi connectivity index (χ1v) is 8.03. The minimum Gasteiger partial charge on any atom is -0.361 e. The Morgan fingerprint density at radius 2 is 2.21 bits per heavy atom. The minimum absolute atomic E-state index is 0.133. The molecule has 1 aliphatic rings. The number of hydrogen-bond acceptors (Lipinski definition) is 6. The third-order valence-electron chi connectivity index (χ3n) is 2.97. The monoisotopic (exact) mass is 288 g/mol. The maximum Gasteiger partial charge on any atom is 0.217 e. The molecule has 7 nitrogen and oxygen atoms in total. The van der Waals surface area contributed by atoms with Gasteiger partial charge in [-0.05, 0) is 6.92 Å². The predicted molar refractivity (Wildman–Crippen MR) is 71.2 cm³/mol. The SMILES string of the molecule is Cc1cc(CS(=O)(=O)NCCN2CCNCC2)no1. The summed E-state index contributed by atoms with van der Waals surface area (Å²) in [4.78, 5) is 2.24. The van der Waals surface area contributed by atoms with E-state index in [4.69, 9.17) is 4.52 Å². The molecule has 0 spiro atoms. The fourth-order valence-corrected chi connectivity index (χ4v) is 3.06. The maximum atomic E-state index is 11.8. The van der Waals surface area contributed by atoms with Crippen molar-refractivity contribution in [3.63, 3.8) is 0 Å². The number of nitrogens with one attached hydrogen (secondary N) is 2. The van der Waals surface area contributed by atoms with Crippen molar-refractivity contribution in [1.82, 2.24) is 20.1 Å². The van der Waals surface area contributed by atoms with E-state index in [1.807, 2.05) is 0 Å². The number of aromatic nitrogens is 1. The normalized spacial score (nSPS) is 17.7. The molecule has 2 heterocycles. The zero-order valence-corrected chi connectivity index (χ0v) is 11.9. The van der Waals surface area contributed by atoms with E-state index in [-0.39, 0.29) is 5.75 Å². The Labute approximate surface area is 113 Å². The number of aryl methyl sites for hydroxylation is 1. The van der Waals surface area contributed by atoms with Crippen LogP contribution >= 0.6 is 0 Å². The van der Waals surface area contributed by atoms with E-state index >= 15 is 0 Å². The van der Waals surface area contributed by atoms with E-state index in [0.717, 1.165) is 32.7 Å². The molecule has 8 heteroatoms. The van der Waals surface area contributed by atoms with Crippen molar-refractivity contribution >= 4 is 10.0 Å². The van der Waals surface area contributed by atoms with Gasteiger partial charge in [0.2, 0.25) is 10.0 Å².